The second kappa shape index (κ2) is 7.61. The van der Waals surface area contributed by atoms with Gasteiger partial charge in [-0.25, -0.2) is 8.42 Å². The molecule has 0 saturated carbocycles. The molecule has 1 amide bonds. The first-order valence-electron chi connectivity index (χ1n) is 8.62. The number of anilines is 1. The highest BCUT2D eigenvalue weighted by molar-refractivity contribution is 7.89. The fourth-order valence-electron chi connectivity index (χ4n) is 3.04. The molecule has 144 valence electrons. The molecule has 1 aromatic heterocycles. The monoisotopic (exact) mass is 391 g/mol. The number of sulfonamides is 1. The van der Waals surface area contributed by atoms with Crippen molar-refractivity contribution >= 4 is 27.5 Å². The van der Waals surface area contributed by atoms with Crippen LogP contribution in [0.2, 0.25) is 0 Å². The van der Waals surface area contributed by atoms with Crippen LogP contribution in [0.25, 0.3) is 0 Å². The minimum absolute atomic E-state index is 0.0937. The summed E-state index contributed by atoms with van der Waals surface area (Å²) in [5.41, 5.74) is 0.355. The van der Waals surface area contributed by atoms with Crippen LogP contribution < -0.4 is 5.32 Å². The van der Waals surface area contributed by atoms with Crippen molar-refractivity contribution in [3.63, 3.8) is 0 Å². The van der Waals surface area contributed by atoms with E-state index in [1.165, 1.54) is 23.4 Å². The lowest BCUT2D eigenvalue weighted by molar-refractivity contribution is -0.120. The van der Waals surface area contributed by atoms with E-state index in [9.17, 15) is 18.0 Å². The number of hydrogen-bond donors (Lipinski definition) is 1. The molecular formula is C18H21N3O5S. The quantitative estimate of drug-likeness (QED) is 0.783. The molecule has 8 nitrogen and oxygen atoms in total. The molecule has 0 bridgehead atoms. The van der Waals surface area contributed by atoms with Gasteiger partial charge in [-0.3, -0.25) is 9.59 Å². The van der Waals surface area contributed by atoms with Gasteiger partial charge in [0.2, 0.25) is 15.9 Å². The Morgan fingerprint density at radius 2 is 1.93 bits per heavy atom. The Kier molecular flexibility index (Phi) is 5.43. The van der Waals surface area contributed by atoms with E-state index in [1.807, 2.05) is 0 Å². The van der Waals surface area contributed by atoms with E-state index in [2.05, 4.69) is 10.5 Å². The van der Waals surface area contributed by atoms with Gasteiger partial charge in [0, 0.05) is 30.6 Å². The summed E-state index contributed by atoms with van der Waals surface area (Å²) in [7, 11) is -3.70. The second-order valence-electron chi connectivity index (χ2n) is 6.57. The van der Waals surface area contributed by atoms with E-state index in [-0.39, 0.29) is 35.6 Å². The van der Waals surface area contributed by atoms with E-state index in [0.717, 1.165) is 0 Å². The molecular weight excluding hydrogens is 370 g/mol. The summed E-state index contributed by atoms with van der Waals surface area (Å²) in [6.45, 7) is 3.60. The van der Waals surface area contributed by atoms with Crippen molar-refractivity contribution in [2.45, 2.75) is 31.6 Å². The highest BCUT2D eigenvalue weighted by Crippen LogP contribution is 2.25. The number of nitrogens with zero attached hydrogens (tertiary/aromatic N) is 2. The SMILES string of the molecule is CC(=O)c1cccc(S(=O)(=O)N2CCC(C(=O)Nc3cc(C)on3)CC2)c1. The number of ketones is 1. The third kappa shape index (κ3) is 4.25. The molecule has 1 aromatic carbocycles. The third-order valence-electron chi connectivity index (χ3n) is 4.58. The van der Waals surface area contributed by atoms with E-state index < -0.39 is 10.0 Å². The molecule has 0 spiro atoms. The van der Waals surface area contributed by atoms with E-state index in [1.54, 1.807) is 25.1 Å². The average Bonchev–Trinajstić information content (AvgIpc) is 3.06. The van der Waals surface area contributed by atoms with Gasteiger partial charge in [0.1, 0.15) is 5.76 Å². The predicted molar refractivity (Wildman–Crippen MR) is 97.8 cm³/mol. The highest BCUT2D eigenvalue weighted by atomic mass is 32.2. The molecule has 2 heterocycles. The number of rotatable bonds is 5. The maximum absolute atomic E-state index is 12.8. The first kappa shape index (κ1) is 19.2. The summed E-state index contributed by atoms with van der Waals surface area (Å²) >= 11 is 0. The molecule has 0 aliphatic carbocycles. The van der Waals surface area contributed by atoms with Gasteiger partial charge >= 0.3 is 0 Å². The minimum atomic E-state index is -3.70. The number of nitrogens with one attached hydrogen (secondary N) is 1. The van der Waals surface area contributed by atoms with Gasteiger partial charge in [-0.05, 0) is 38.8 Å². The second-order valence-corrected chi connectivity index (χ2v) is 8.51. The Bertz CT molecular complexity index is 959. The number of hydrogen-bond acceptors (Lipinski definition) is 6. The van der Waals surface area contributed by atoms with Crippen LogP contribution in [0.15, 0.2) is 39.8 Å². The largest absolute Gasteiger partial charge is 0.360 e. The van der Waals surface area contributed by atoms with Crippen molar-refractivity contribution in [3.8, 4) is 0 Å². The van der Waals surface area contributed by atoms with E-state index in [4.69, 9.17) is 4.52 Å². The van der Waals surface area contributed by atoms with Crippen molar-refractivity contribution in [1.29, 1.82) is 0 Å². The fraction of sp³-hybridized carbons (Fsp3) is 0.389. The van der Waals surface area contributed by atoms with Crippen LogP contribution >= 0.6 is 0 Å². The third-order valence-corrected chi connectivity index (χ3v) is 6.48. The zero-order valence-electron chi connectivity index (χ0n) is 15.1. The van der Waals surface area contributed by atoms with Gasteiger partial charge in [-0.15, -0.1) is 0 Å². The molecule has 9 heteroatoms. The summed E-state index contributed by atoms with van der Waals surface area (Å²) in [6.07, 6.45) is 0.822. The number of piperidine rings is 1. The van der Waals surface area contributed by atoms with Crippen LogP contribution in [0.1, 0.15) is 35.9 Å². The van der Waals surface area contributed by atoms with Crippen molar-refractivity contribution in [3.05, 3.63) is 41.7 Å². The average molecular weight is 391 g/mol. The molecule has 0 unspecified atom stereocenters. The summed E-state index contributed by atoms with van der Waals surface area (Å²) < 4.78 is 31.9. The number of benzene rings is 1. The maximum atomic E-state index is 12.8. The van der Waals surface area contributed by atoms with Crippen LogP contribution in [-0.2, 0) is 14.8 Å². The molecule has 1 saturated heterocycles. The van der Waals surface area contributed by atoms with E-state index >= 15 is 0 Å². The van der Waals surface area contributed by atoms with Crippen LogP contribution in [-0.4, -0.2) is 42.7 Å². The molecule has 1 N–H and O–H groups in total. The Morgan fingerprint density at radius 3 is 2.52 bits per heavy atom. The van der Waals surface area contributed by atoms with Crippen LogP contribution in [0.3, 0.4) is 0 Å². The fourth-order valence-corrected chi connectivity index (χ4v) is 4.55. The van der Waals surface area contributed by atoms with E-state index in [0.29, 0.717) is 30.0 Å². The predicted octanol–water partition coefficient (Wildman–Crippen LogP) is 2.23. The lowest BCUT2D eigenvalue weighted by atomic mass is 9.97. The smallest absolute Gasteiger partial charge is 0.243 e. The Hall–Kier alpha value is -2.52. The number of aryl methyl sites for hydroxylation is 1. The van der Waals surface area contributed by atoms with Gasteiger partial charge in [-0.2, -0.15) is 4.31 Å². The molecule has 3 rings (SSSR count). The molecule has 1 aliphatic heterocycles. The van der Waals surface area contributed by atoms with Crippen molar-refractivity contribution in [2.75, 3.05) is 18.4 Å². The molecule has 27 heavy (non-hydrogen) atoms. The summed E-state index contributed by atoms with van der Waals surface area (Å²) in [6, 6.07) is 7.64. The first-order valence-corrected chi connectivity index (χ1v) is 10.1. The van der Waals surface area contributed by atoms with Gasteiger partial charge in [0.25, 0.3) is 0 Å². The van der Waals surface area contributed by atoms with Crippen LogP contribution in [0.5, 0.6) is 0 Å². The standard InChI is InChI=1S/C18H21N3O5S/c1-12-10-17(20-26-12)19-18(23)14-6-8-21(9-7-14)27(24,25)16-5-3-4-15(11-16)13(2)22/h3-5,10-11,14H,6-9H2,1-2H3,(H,19,20,23). The number of aromatic nitrogens is 1. The van der Waals surface area contributed by atoms with Gasteiger partial charge in [0.15, 0.2) is 11.6 Å². The van der Waals surface area contributed by atoms with Gasteiger partial charge in [0.05, 0.1) is 4.90 Å². The molecule has 0 atom stereocenters. The molecule has 1 aliphatic rings. The maximum Gasteiger partial charge on any atom is 0.243 e. The van der Waals surface area contributed by atoms with Crippen LogP contribution in [0, 0.1) is 12.8 Å². The zero-order valence-corrected chi connectivity index (χ0v) is 16.0. The number of carbonyl (C=O) groups excluding carboxylic acids is 2. The van der Waals surface area contributed by atoms with Crippen LogP contribution in [0.4, 0.5) is 5.82 Å². The topological polar surface area (TPSA) is 110 Å². The number of Topliss-reactive ketones (excluding diaryl/α,β-unsaturated/α-hetero) is 1. The Balaban J connectivity index is 1.65. The van der Waals surface area contributed by atoms with Gasteiger partial charge in [-0.1, -0.05) is 17.3 Å². The molecule has 0 radical (unpaired) electrons. The minimum Gasteiger partial charge on any atom is -0.360 e. The van der Waals surface area contributed by atoms with Crippen molar-refractivity contribution in [2.24, 2.45) is 5.92 Å². The van der Waals surface area contributed by atoms with Crippen molar-refractivity contribution < 1.29 is 22.5 Å². The lowest BCUT2D eigenvalue weighted by Crippen LogP contribution is -2.41. The number of carbonyl (C=O) groups is 2. The zero-order chi connectivity index (χ0) is 19.6. The Morgan fingerprint density at radius 1 is 1.22 bits per heavy atom. The Labute approximate surface area is 157 Å². The summed E-state index contributed by atoms with van der Waals surface area (Å²) in [5, 5.41) is 6.41. The van der Waals surface area contributed by atoms with Gasteiger partial charge < -0.3 is 9.84 Å². The highest BCUT2D eigenvalue weighted by Gasteiger charge is 2.32. The lowest BCUT2D eigenvalue weighted by Gasteiger charge is -2.30. The molecule has 2 aromatic rings. The summed E-state index contributed by atoms with van der Waals surface area (Å²) in [4.78, 5) is 23.9. The first-order chi connectivity index (χ1) is 12.8. The summed E-state index contributed by atoms with van der Waals surface area (Å²) in [5.74, 6) is 0.272. The molecule has 1 fully saturated rings. The number of amides is 1. The normalized spacial score (nSPS) is 16.2. The van der Waals surface area contributed by atoms with Crippen molar-refractivity contribution in [1.82, 2.24) is 9.46 Å².